The fraction of sp³-hybridized carbons (Fsp3) is 0.836. The molecule has 0 fully saturated rings. The van der Waals surface area contributed by atoms with Crippen molar-refractivity contribution in [3.8, 4) is 0 Å². The number of aliphatic hydroxyl groups is 1. The van der Waals surface area contributed by atoms with E-state index in [1.807, 2.05) is 27.2 Å². The molecule has 0 aliphatic carbocycles. The summed E-state index contributed by atoms with van der Waals surface area (Å²) in [7, 11) is 1.55. The molecule has 0 saturated carbocycles. The number of hydrogen-bond acceptors (Lipinski definition) is 5. The number of allylic oxidation sites excluding steroid dienone is 9. The molecule has 1 amide bonds. The molecule has 0 aromatic rings. The van der Waals surface area contributed by atoms with E-state index in [2.05, 4.69) is 67.8 Å². The Morgan fingerprint density at radius 1 is 0.447 bits per heavy atom. The number of nitrogens with one attached hydrogen (secondary N) is 1. The first-order chi connectivity index (χ1) is 37.0. The van der Waals surface area contributed by atoms with Gasteiger partial charge in [-0.3, -0.25) is 13.8 Å². The molecule has 0 heterocycles. The van der Waals surface area contributed by atoms with Crippen molar-refractivity contribution in [1.29, 1.82) is 0 Å². The first kappa shape index (κ1) is 74.2. The number of carbonyl (C=O) groups is 1. The average Bonchev–Trinajstić information content (AvgIpc) is 3.38. The molecule has 446 valence electrons. The SMILES string of the molecule is CCCCCCC/C=C\C/C=C\CCCCCCCCCCCCCCCC(=O)NC(COP(=O)(O)OCC[N+](C)(C)C)C(O)/C=C/CC/C=C/CC/C=C/CCCCCCCCCCCCCCCCCCCCC. The third kappa shape index (κ3) is 59.9. The van der Waals surface area contributed by atoms with E-state index in [1.165, 1.54) is 238 Å². The quantitative estimate of drug-likeness (QED) is 0.0243. The van der Waals surface area contributed by atoms with Crippen LogP contribution >= 0.6 is 7.82 Å². The summed E-state index contributed by atoms with van der Waals surface area (Å²) in [6.45, 7) is 4.81. The molecule has 0 aliphatic heterocycles. The van der Waals surface area contributed by atoms with Crippen LogP contribution in [0.25, 0.3) is 0 Å². The highest BCUT2D eigenvalue weighted by molar-refractivity contribution is 7.47. The van der Waals surface area contributed by atoms with Gasteiger partial charge in [-0.05, 0) is 77.0 Å². The van der Waals surface area contributed by atoms with Crippen molar-refractivity contribution in [3.05, 3.63) is 60.8 Å². The minimum absolute atomic E-state index is 0.0524. The number of aliphatic hydroxyl groups excluding tert-OH is 1. The Hall–Kier alpha value is -1.80. The van der Waals surface area contributed by atoms with Gasteiger partial charge in [0.2, 0.25) is 5.91 Å². The van der Waals surface area contributed by atoms with Crippen LogP contribution < -0.4 is 5.32 Å². The van der Waals surface area contributed by atoms with Gasteiger partial charge in [-0.2, -0.15) is 0 Å². The van der Waals surface area contributed by atoms with E-state index in [4.69, 9.17) is 9.05 Å². The van der Waals surface area contributed by atoms with Crippen LogP contribution in [0.15, 0.2) is 60.8 Å². The van der Waals surface area contributed by atoms with Crippen molar-refractivity contribution >= 4 is 13.7 Å². The Morgan fingerprint density at radius 2 is 0.763 bits per heavy atom. The Balaban J connectivity index is 4.19. The fourth-order valence-corrected chi connectivity index (χ4v) is 10.3. The van der Waals surface area contributed by atoms with Gasteiger partial charge < -0.3 is 19.8 Å². The number of unbranched alkanes of at least 4 members (excludes halogenated alkanes) is 39. The predicted octanol–water partition coefficient (Wildman–Crippen LogP) is 20.4. The number of phosphoric acid groups is 1. The fourth-order valence-electron chi connectivity index (χ4n) is 9.58. The van der Waals surface area contributed by atoms with Crippen molar-refractivity contribution in [3.63, 3.8) is 0 Å². The summed E-state index contributed by atoms with van der Waals surface area (Å²) in [4.78, 5) is 23.4. The van der Waals surface area contributed by atoms with Gasteiger partial charge in [-0.25, -0.2) is 4.57 Å². The molecule has 76 heavy (non-hydrogen) atoms. The lowest BCUT2D eigenvalue weighted by Crippen LogP contribution is -2.45. The molecule has 0 aromatic carbocycles. The highest BCUT2D eigenvalue weighted by Gasteiger charge is 2.27. The third-order valence-electron chi connectivity index (χ3n) is 14.7. The molecule has 3 N–H and O–H groups in total. The van der Waals surface area contributed by atoms with Gasteiger partial charge >= 0.3 is 7.82 Å². The molecule has 0 saturated heterocycles. The molecule has 8 nitrogen and oxygen atoms in total. The summed E-state index contributed by atoms with van der Waals surface area (Å²) in [5.41, 5.74) is 0. The molecule has 0 aliphatic rings. The number of phosphoric ester groups is 1. The summed E-state index contributed by atoms with van der Waals surface area (Å²) in [6.07, 6.45) is 79.3. The molecule has 3 unspecified atom stereocenters. The van der Waals surface area contributed by atoms with E-state index in [0.29, 0.717) is 17.4 Å². The highest BCUT2D eigenvalue weighted by Crippen LogP contribution is 2.43. The van der Waals surface area contributed by atoms with Gasteiger partial charge in [0.1, 0.15) is 13.2 Å². The molecular weight excluding hydrogens is 960 g/mol. The van der Waals surface area contributed by atoms with Crippen molar-refractivity contribution in [2.75, 3.05) is 40.9 Å². The maximum atomic E-state index is 13.0. The third-order valence-corrected chi connectivity index (χ3v) is 15.7. The highest BCUT2D eigenvalue weighted by atomic mass is 31.2. The Labute approximate surface area is 472 Å². The second kappa shape index (κ2) is 57.9. The zero-order chi connectivity index (χ0) is 55.6. The average molecular weight is 1090 g/mol. The van der Waals surface area contributed by atoms with E-state index in [0.717, 1.165) is 51.4 Å². The van der Waals surface area contributed by atoms with Crippen LogP contribution in [0.3, 0.4) is 0 Å². The summed E-state index contributed by atoms with van der Waals surface area (Å²) < 4.78 is 23.8. The lowest BCUT2D eigenvalue weighted by atomic mass is 10.0. The summed E-state index contributed by atoms with van der Waals surface area (Å²) in [5, 5.41) is 14.0. The zero-order valence-corrected chi connectivity index (χ0v) is 51.9. The van der Waals surface area contributed by atoms with Crippen molar-refractivity contribution in [2.45, 2.75) is 321 Å². The lowest BCUT2D eigenvalue weighted by molar-refractivity contribution is -0.870. The van der Waals surface area contributed by atoms with E-state index >= 15 is 0 Å². The molecule has 0 aromatic heterocycles. The topological polar surface area (TPSA) is 105 Å². The maximum Gasteiger partial charge on any atom is 0.472 e. The van der Waals surface area contributed by atoms with Crippen molar-refractivity contribution < 1.29 is 32.9 Å². The molecular formula is C67H128N2O6P+. The van der Waals surface area contributed by atoms with Gasteiger partial charge in [0.25, 0.3) is 0 Å². The van der Waals surface area contributed by atoms with Gasteiger partial charge in [0, 0.05) is 6.42 Å². The molecule has 0 bridgehead atoms. The normalized spacial score (nSPS) is 14.1. The van der Waals surface area contributed by atoms with Crippen LogP contribution in [-0.2, 0) is 18.4 Å². The van der Waals surface area contributed by atoms with Crippen LogP contribution in [0.4, 0.5) is 0 Å². The predicted molar refractivity (Wildman–Crippen MR) is 332 cm³/mol. The molecule has 0 spiro atoms. The van der Waals surface area contributed by atoms with Crippen molar-refractivity contribution in [2.24, 2.45) is 0 Å². The molecule has 3 atom stereocenters. The van der Waals surface area contributed by atoms with Crippen molar-refractivity contribution in [1.82, 2.24) is 5.32 Å². The zero-order valence-electron chi connectivity index (χ0n) is 51.0. The van der Waals surface area contributed by atoms with E-state index in [1.54, 1.807) is 6.08 Å². The molecule has 9 heteroatoms. The number of amides is 1. The minimum Gasteiger partial charge on any atom is -0.387 e. The Kier molecular flexibility index (Phi) is 56.5. The summed E-state index contributed by atoms with van der Waals surface area (Å²) in [5.74, 6) is -0.190. The first-order valence-corrected chi connectivity index (χ1v) is 34.2. The van der Waals surface area contributed by atoms with Gasteiger partial charge in [-0.15, -0.1) is 0 Å². The second-order valence-electron chi connectivity index (χ2n) is 23.5. The standard InChI is InChI=1S/C67H127N2O6P/c1-6-8-10-12-14-16-18-20-22-24-26-28-30-32-33-34-35-37-38-40-42-44-46-48-50-52-54-56-58-60-66(70)65(64-75-76(72,73)74-63-62-69(3,4)5)68-67(71)61-59-57-55-53-51-49-47-45-43-41-39-36-31-29-27-25-23-21-19-17-15-13-11-9-7-2/h19,21,25,27,42,44,50,52,58,60,65-66,70H,6-18,20,22-24,26,28-41,43,45-49,51,53-57,59,61-64H2,1-5H3,(H-,68,71,72,73)/p+1/b21-19-,27-25-,44-42+,52-50+,60-58+. The monoisotopic (exact) mass is 1090 g/mol. The van der Waals surface area contributed by atoms with Crippen LogP contribution in [0.1, 0.15) is 309 Å². The van der Waals surface area contributed by atoms with Crippen LogP contribution in [0.5, 0.6) is 0 Å². The Bertz CT molecular complexity index is 1420. The first-order valence-electron chi connectivity index (χ1n) is 32.7. The number of rotatable bonds is 60. The van der Waals surface area contributed by atoms with Crippen LogP contribution in [0.2, 0.25) is 0 Å². The number of hydrogen-bond donors (Lipinski definition) is 3. The number of likely N-dealkylation sites (N-methyl/N-ethyl adjacent to an activating group) is 1. The van der Waals surface area contributed by atoms with Gasteiger partial charge in [-0.1, -0.05) is 286 Å². The smallest absolute Gasteiger partial charge is 0.387 e. The number of quaternary nitrogens is 1. The van der Waals surface area contributed by atoms with Crippen LogP contribution in [0, 0.1) is 0 Å². The van der Waals surface area contributed by atoms with E-state index < -0.39 is 20.0 Å². The van der Waals surface area contributed by atoms with Gasteiger partial charge in [0.15, 0.2) is 0 Å². The summed E-state index contributed by atoms with van der Waals surface area (Å²) in [6, 6.07) is -0.874. The Morgan fingerprint density at radius 3 is 1.13 bits per heavy atom. The molecule has 0 radical (unpaired) electrons. The van der Waals surface area contributed by atoms with Crippen LogP contribution in [-0.4, -0.2) is 73.4 Å². The van der Waals surface area contributed by atoms with E-state index in [-0.39, 0.29) is 19.1 Å². The molecule has 0 rings (SSSR count). The van der Waals surface area contributed by atoms with E-state index in [9.17, 15) is 19.4 Å². The largest absolute Gasteiger partial charge is 0.472 e. The lowest BCUT2D eigenvalue weighted by Gasteiger charge is -2.25. The minimum atomic E-state index is -4.37. The number of nitrogens with zero attached hydrogens (tertiary/aromatic N) is 1. The maximum absolute atomic E-state index is 13.0. The van der Waals surface area contributed by atoms with Gasteiger partial charge in [0.05, 0.1) is 39.9 Å². The summed E-state index contributed by atoms with van der Waals surface area (Å²) >= 11 is 0. The second-order valence-corrected chi connectivity index (χ2v) is 24.9. The number of carbonyl (C=O) groups excluding carboxylic acids is 1.